The number of nitrogens with zero attached hydrogens (tertiary/aromatic N) is 2. The molecule has 18 heavy (non-hydrogen) atoms. The van der Waals surface area contributed by atoms with Gasteiger partial charge in [-0.15, -0.1) is 0 Å². The molecule has 0 radical (unpaired) electrons. The Morgan fingerprint density at radius 3 is 2.72 bits per heavy atom. The van der Waals surface area contributed by atoms with Crippen LogP contribution in [-0.4, -0.2) is 36.6 Å². The van der Waals surface area contributed by atoms with Crippen LogP contribution in [0, 0.1) is 5.92 Å². The third-order valence-corrected chi connectivity index (χ3v) is 2.81. The second kappa shape index (κ2) is 6.30. The summed E-state index contributed by atoms with van der Waals surface area (Å²) in [5, 5.41) is 0. The van der Waals surface area contributed by atoms with Gasteiger partial charge in [-0.3, -0.25) is 4.79 Å². The quantitative estimate of drug-likeness (QED) is 0.633. The number of thiocarbonyl (C=S) groups is 1. The lowest BCUT2D eigenvalue weighted by molar-refractivity contribution is -0.144. The number of nitrogens with two attached hydrogens (primary N) is 1. The summed E-state index contributed by atoms with van der Waals surface area (Å²) in [5.41, 5.74) is 6.22. The fraction of sp³-hybridized carbons (Fsp3) is 0.417. The summed E-state index contributed by atoms with van der Waals surface area (Å²) in [6.07, 6.45) is 1.62. The van der Waals surface area contributed by atoms with Crippen LogP contribution in [0.4, 0.5) is 5.82 Å². The van der Waals surface area contributed by atoms with E-state index in [9.17, 15) is 4.79 Å². The van der Waals surface area contributed by atoms with Gasteiger partial charge in [0.05, 0.1) is 13.0 Å². The molecule has 1 unspecified atom stereocenters. The van der Waals surface area contributed by atoms with Crippen molar-refractivity contribution in [2.75, 3.05) is 25.6 Å². The highest BCUT2D eigenvalue weighted by molar-refractivity contribution is 7.80. The van der Waals surface area contributed by atoms with Crippen LogP contribution >= 0.6 is 12.2 Å². The van der Waals surface area contributed by atoms with Crippen LogP contribution in [-0.2, 0) is 9.53 Å². The van der Waals surface area contributed by atoms with Gasteiger partial charge in [-0.25, -0.2) is 4.98 Å². The Hall–Kier alpha value is -1.69. The molecule has 0 amide bonds. The molecule has 0 bridgehead atoms. The minimum Gasteiger partial charge on any atom is -0.469 e. The van der Waals surface area contributed by atoms with Gasteiger partial charge >= 0.3 is 5.97 Å². The molecule has 1 aromatic heterocycles. The fourth-order valence-corrected chi connectivity index (χ4v) is 1.66. The van der Waals surface area contributed by atoms with Gasteiger partial charge in [-0.2, -0.15) is 0 Å². The van der Waals surface area contributed by atoms with Crippen molar-refractivity contribution < 1.29 is 9.53 Å². The van der Waals surface area contributed by atoms with Gasteiger partial charge in [0.25, 0.3) is 0 Å². The number of hydrogen-bond donors (Lipinski definition) is 1. The summed E-state index contributed by atoms with van der Waals surface area (Å²) in [6.45, 7) is 2.35. The molecule has 6 heteroatoms. The van der Waals surface area contributed by atoms with Gasteiger partial charge < -0.3 is 15.4 Å². The first-order valence-corrected chi connectivity index (χ1v) is 5.91. The zero-order chi connectivity index (χ0) is 13.7. The molecule has 98 valence electrons. The molecular weight excluding hydrogens is 250 g/mol. The van der Waals surface area contributed by atoms with Crippen LogP contribution in [0.3, 0.4) is 0 Å². The van der Waals surface area contributed by atoms with Crippen molar-refractivity contribution in [3.05, 3.63) is 23.9 Å². The molecule has 0 saturated carbocycles. The van der Waals surface area contributed by atoms with E-state index in [0.717, 1.165) is 11.4 Å². The monoisotopic (exact) mass is 267 g/mol. The summed E-state index contributed by atoms with van der Waals surface area (Å²) in [7, 11) is 3.25. The Balaban J connectivity index is 2.69. The minimum absolute atomic E-state index is 0.211. The number of hydrogen-bond acceptors (Lipinski definition) is 5. The van der Waals surface area contributed by atoms with E-state index in [1.165, 1.54) is 7.11 Å². The number of ether oxygens (including phenoxy) is 1. The average molecular weight is 267 g/mol. The molecule has 0 aliphatic heterocycles. The van der Waals surface area contributed by atoms with Crippen molar-refractivity contribution in [1.82, 2.24) is 4.98 Å². The standard InChI is InChI=1S/C12H17N3O2S/c1-8(12(16)17-3)7-15(2)10-5-4-9(6-14-10)11(13)18/h4-6,8H,7H2,1-3H3,(H2,13,18). The van der Waals surface area contributed by atoms with E-state index in [4.69, 9.17) is 18.0 Å². The average Bonchev–Trinajstić information content (AvgIpc) is 2.37. The molecule has 1 rings (SSSR count). The lowest BCUT2D eigenvalue weighted by atomic mass is 10.1. The third-order valence-electron chi connectivity index (χ3n) is 2.57. The van der Waals surface area contributed by atoms with Crippen LogP contribution in [0.5, 0.6) is 0 Å². The van der Waals surface area contributed by atoms with Crippen molar-refractivity contribution in [1.29, 1.82) is 0 Å². The van der Waals surface area contributed by atoms with Gasteiger partial charge in [0.15, 0.2) is 0 Å². The molecule has 1 atom stereocenters. The second-order valence-corrected chi connectivity index (χ2v) is 4.51. The molecule has 0 spiro atoms. The number of aromatic nitrogens is 1. The maximum atomic E-state index is 11.3. The number of methoxy groups -OCH3 is 1. The van der Waals surface area contributed by atoms with Crippen molar-refractivity contribution in [2.45, 2.75) is 6.92 Å². The molecule has 1 aromatic rings. The normalized spacial score (nSPS) is 11.7. The van der Waals surface area contributed by atoms with Crippen molar-refractivity contribution >= 4 is 29.0 Å². The fourth-order valence-electron chi connectivity index (χ4n) is 1.54. The summed E-state index contributed by atoms with van der Waals surface area (Å²) in [4.78, 5) is 17.8. The number of esters is 1. The number of pyridine rings is 1. The largest absolute Gasteiger partial charge is 0.469 e. The second-order valence-electron chi connectivity index (χ2n) is 4.07. The maximum absolute atomic E-state index is 11.3. The Kier molecular flexibility index (Phi) is 5.03. The van der Waals surface area contributed by atoms with Crippen LogP contribution in [0.1, 0.15) is 12.5 Å². The molecule has 0 saturated heterocycles. The van der Waals surface area contributed by atoms with Gasteiger partial charge in [0.2, 0.25) is 0 Å². The van der Waals surface area contributed by atoms with Crippen LogP contribution in [0.2, 0.25) is 0 Å². The van der Waals surface area contributed by atoms with E-state index in [2.05, 4.69) is 9.72 Å². The van der Waals surface area contributed by atoms with Gasteiger partial charge in [-0.05, 0) is 12.1 Å². The van der Waals surface area contributed by atoms with E-state index in [-0.39, 0.29) is 11.9 Å². The predicted molar refractivity (Wildman–Crippen MR) is 74.6 cm³/mol. The van der Waals surface area contributed by atoms with E-state index in [1.807, 2.05) is 31.0 Å². The zero-order valence-electron chi connectivity index (χ0n) is 10.7. The van der Waals surface area contributed by atoms with Crippen molar-refractivity contribution in [3.8, 4) is 0 Å². The smallest absolute Gasteiger partial charge is 0.310 e. The van der Waals surface area contributed by atoms with Gasteiger partial charge in [0.1, 0.15) is 10.8 Å². The SMILES string of the molecule is COC(=O)C(C)CN(C)c1ccc(C(N)=S)cn1. The van der Waals surface area contributed by atoms with Crippen LogP contribution < -0.4 is 10.6 Å². The lowest BCUT2D eigenvalue weighted by Crippen LogP contribution is -2.29. The molecule has 5 nitrogen and oxygen atoms in total. The summed E-state index contributed by atoms with van der Waals surface area (Å²) in [6, 6.07) is 3.63. The predicted octanol–water partition coefficient (Wildman–Crippen LogP) is 0.961. The van der Waals surface area contributed by atoms with Gasteiger partial charge in [-0.1, -0.05) is 19.1 Å². The lowest BCUT2D eigenvalue weighted by Gasteiger charge is -2.21. The van der Waals surface area contributed by atoms with E-state index < -0.39 is 0 Å². The molecule has 0 fully saturated rings. The number of carbonyl (C=O) groups is 1. The summed E-state index contributed by atoms with van der Waals surface area (Å²) in [5.74, 6) is 0.310. The molecule has 1 heterocycles. The first-order chi connectivity index (χ1) is 8.45. The van der Waals surface area contributed by atoms with Gasteiger partial charge in [0, 0.05) is 25.4 Å². The highest BCUT2D eigenvalue weighted by Crippen LogP contribution is 2.12. The molecule has 0 aliphatic carbocycles. The summed E-state index contributed by atoms with van der Waals surface area (Å²) >= 11 is 4.85. The first kappa shape index (κ1) is 14.4. The van der Waals surface area contributed by atoms with Crippen molar-refractivity contribution in [3.63, 3.8) is 0 Å². The highest BCUT2D eigenvalue weighted by Gasteiger charge is 2.16. The minimum atomic E-state index is -0.235. The first-order valence-electron chi connectivity index (χ1n) is 5.50. The van der Waals surface area contributed by atoms with Crippen LogP contribution in [0.25, 0.3) is 0 Å². The van der Waals surface area contributed by atoms with E-state index in [1.54, 1.807) is 6.20 Å². The Morgan fingerprint density at radius 2 is 2.28 bits per heavy atom. The number of anilines is 1. The molecule has 0 aliphatic rings. The number of carbonyl (C=O) groups excluding carboxylic acids is 1. The van der Waals surface area contributed by atoms with Crippen molar-refractivity contribution in [2.24, 2.45) is 11.7 Å². The topological polar surface area (TPSA) is 68.5 Å². The Bertz CT molecular complexity index is 433. The maximum Gasteiger partial charge on any atom is 0.310 e. The molecule has 0 aromatic carbocycles. The Labute approximate surface area is 112 Å². The molecular formula is C12H17N3O2S. The highest BCUT2D eigenvalue weighted by atomic mass is 32.1. The third kappa shape index (κ3) is 3.66. The van der Waals surface area contributed by atoms with Crippen LogP contribution in [0.15, 0.2) is 18.3 Å². The number of rotatable bonds is 5. The van der Waals surface area contributed by atoms with E-state index in [0.29, 0.717) is 11.5 Å². The Morgan fingerprint density at radius 1 is 1.61 bits per heavy atom. The molecule has 2 N–H and O–H groups in total. The zero-order valence-corrected chi connectivity index (χ0v) is 11.5. The van der Waals surface area contributed by atoms with E-state index >= 15 is 0 Å². The summed E-state index contributed by atoms with van der Waals surface area (Å²) < 4.78 is 4.68.